The lowest BCUT2D eigenvalue weighted by molar-refractivity contribution is 0.0953. The van der Waals surface area contributed by atoms with Gasteiger partial charge in [-0.05, 0) is 36.2 Å². The molecule has 120 valence electrons. The molecule has 0 bridgehead atoms. The Morgan fingerprint density at radius 2 is 1.62 bits per heavy atom. The molecule has 0 saturated heterocycles. The maximum Gasteiger partial charge on any atom is 0.254 e. The minimum atomic E-state index is -0.173. The zero-order chi connectivity index (χ0) is 16.8. The second kappa shape index (κ2) is 7.70. The van der Waals surface area contributed by atoms with Gasteiger partial charge in [-0.1, -0.05) is 41.9 Å². The van der Waals surface area contributed by atoms with Crippen LogP contribution in [0.5, 0.6) is 0 Å². The third kappa shape index (κ3) is 4.18. The molecule has 1 heterocycles. The topological polar surface area (TPSA) is 54.9 Å². The van der Waals surface area contributed by atoms with Crippen LogP contribution in [0.25, 0.3) is 11.4 Å². The van der Waals surface area contributed by atoms with Crippen molar-refractivity contribution in [3.63, 3.8) is 0 Å². The zero-order valence-corrected chi connectivity index (χ0v) is 13.7. The summed E-state index contributed by atoms with van der Waals surface area (Å²) in [5.41, 5.74) is 2.49. The van der Waals surface area contributed by atoms with Crippen molar-refractivity contribution < 1.29 is 4.79 Å². The van der Waals surface area contributed by atoms with Crippen LogP contribution < -0.4 is 5.32 Å². The Morgan fingerprint density at radius 1 is 0.958 bits per heavy atom. The molecule has 1 N–H and O–H groups in total. The van der Waals surface area contributed by atoms with Gasteiger partial charge < -0.3 is 5.32 Å². The van der Waals surface area contributed by atoms with Gasteiger partial charge in [0, 0.05) is 29.5 Å². The average molecular weight is 338 g/mol. The van der Waals surface area contributed by atoms with Crippen LogP contribution >= 0.6 is 11.6 Å². The van der Waals surface area contributed by atoms with E-state index >= 15 is 0 Å². The van der Waals surface area contributed by atoms with Gasteiger partial charge in [-0.25, -0.2) is 9.97 Å². The van der Waals surface area contributed by atoms with Crippen molar-refractivity contribution in [2.45, 2.75) is 6.42 Å². The van der Waals surface area contributed by atoms with E-state index in [1.807, 2.05) is 42.5 Å². The van der Waals surface area contributed by atoms with Gasteiger partial charge >= 0.3 is 0 Å². The lowest BCUT2D eigenvalue weighted by Crippen LogP contribution is -2.26. The monoisotopic (exact) mass is 337 g/mol. The summed E-state index contributed by atoms with van der Waals surface area (Å²) in [7, 11) is 0. The molecule has 0 radical (unpaired) electrons. The van der Waals surface area contributed by atoms with Crippen LogP contribution in [0.1, 0.15) is 15.9 Å². The lowest BCUT2D eigenvalue weighted by atomic mass is 10.1. The van der Waals surface area contributed by atoms with Gasteiger partial charge in [-0.3, -0.25) is 4.79 Å². The number of halogens is 1. The highest BCUT2D eigenvalue weighted by molar-refractivity contribution is 6.30. The predicted octanol–water partition coefficient (Wildman–Crippen LogP) is 3.77. The smallest absolute Gasteiger partial charge is 0.254 e. The Balaban J connectivity index is 1.58. The summed E-state index contributed by atoms with van der Waals surface area (Å²) in [6, 6.07) is 17.3. The van der Waals surface area contributed by atoms with E-state index < -0.39 is 0 Å². The maximum atomic E-state index is 12.1. The summed E-state index contributed by atoms with van der Waals surface area (Å²) in [5.74, 6) is 0.390. The van der Waals surface area contributed by atoms with E-state index in [1.54, 1.807) is 12.1 Å². The molecule has 1 amide bonds. The quantitative estimate of drug-likeness (QED) is 0.771. The molecule has 4 nitrogen and oxygen atoms in total. The number of amides is 1. The van der Waals surface area contributed by atoms with E-state index in [9.17, 15) is 4.79 Å². The van der Waals surface area contributed by atoms with Crippen LogP contribution in [0.15, 0.2) is 67.0 Å². The molecule has 2 aromatic carbocycles. The predicted molar refractivity (Wildman–Crippen MR) is 95.0 cm³/mol. The van der Waals surface area contributed by atoms with Gasteiger partial charge in [0.05, 0.1) is 5.56 Å². The van der Waals surface area contributed by atoms with Gasteiger partial charge in [0.25, 0.3) is 5.91 Å². The molecule has 0 aliphatic carbocycles. The Hall–Kier alpha value is -2.72. The molecule has 24 heavy (non-hydrogen) atoms. The molecule has 3 aromatic rings. The van der Waals surface area contributed by atoms with Crippen molar-refractivity contribution in [2.75, 3.05) is 6.54 Å². The summed E-state index contributed by atoms with van der Waals surface area (Å²) in [4.78, 5) is 20.6. The number of nitrogens with zero attached hydrogens (tertiary/aromatic N) is 2. The minimum absolute atomic E-state index is 0.173. The number of nitrogens with one attached hydrogen (secondary N) is 1. The van der Waals surface area contributed by atoms with E-state index in [4.69, 9.17) is 11.6 Å². The van der Waals surface area contributed by atoms with Crippen molar-refractivity contribution in [2.24, 2.45) is 0 Å². The molecular formula is C19H16ClN3O. The highest BCUT2D eigenvalue weighted by Crippen LogP contribution is 2.17. The molecule has 0 atom stereocenters. The highest BCUT2D eigenvalue weighted by atomic mass is 35.5. The van der Waals surface area contributed by atoms with Crippen molar-refractivity contribution in [1.82, 2.24) is 15.3 Å². The summed E-state index contributed by atoms with van der Waals surface area (Å²) in [5, 5.41) is 3.54. The molecule has 3 rings (SSSR count). The van der Waals surface area contributed by atoms with E-state index in [-0.39, 0.29) is 5.91 Å². The molecule has 0 aliphatic heterocycles. The Labute approximate surface area is 145 Å². The first-order valence-corrected chi connectivity index (χ1v) is 8.00. The lowest BCUT2D eigenvalue weighted by Gasteiger charge is -2.06. The fraction of sp³-hybridized carbons (Fsp3) is 0.105. The number of carbonyl (C=O) groups excluding carboxylic acids is 1. The van der Waals surface area contributed by atoms with Crippen LogP contribution in [0.4, 0.5) is 0 Å². The van der Waals surface area contributed by atoms with Crippen molar-refractivity contribution >= 4 is 17.5 Å². The van der Waals surface area contributed by atoms with Crippen LogP contribution in [0.3, 0.4) is 0 Å². The van der Waals surface area contributed by atoms with Crippen LogP contribution in [-0.4, -0.2) is 22.4 Å². The normalized spacial score (nSPS) is 10.4. The summed E-state index contributed by atoms with van der Waals surface area (Å²) >= 11 is 5.86. The largest absolute Gasteiger partial charge is 0.352 e. The third-order valence-electron chi connectivity index (χ3n) is 3.56. The van der Waals surface area contributed by atoms with Crippen molar-refractivity contribution in [3.05, 3.63) is 83.1 Å². The summed E-state index contributed by atoms with van der Waals surface area (Å²) < 4.78 is 0. The van der Waals surface area contributed by atoms with E-state index in [0.717, 1.165) is 12.0 Å². The Bertz CT molecular complexity index is 802. The van der Waals surface area contributed by atoms with Crippen molar-refractivity contribution in [3.8, 4) is 11.4 Å². The molecule has 0 saturated carbocycles. The van der Waals surface area contributed by atoms with E-state index in [0.29, 0.717) is 23.0 Å². The molecule has 5 heteroatoms. The molecule has 0 unspecified atom stereocenters. The first-order chi connectivity index (χ1) is 11.7. The molecule has 0 spiro atoms. The van der Waals surface area contributed by atoms with Gasteiger partial charge in [0.15, 0.2) is 5.82 Å². The number of hydrogen-bond acceptors (Lipinski definition) is 3. The van der Waals surface area contributed by atoms with Gasteiger partial charge in [-0.15, -0.1) is 0 Å². The van der Waals surface area contributed by atoms with Crippen LogP contribution in [0, 0.1) is 0 Å². The second-order valence-corrected chi connectivity index (χ2v) is 5.73. The Kier molecular flexibility index (Phi) is 5.18. The molecular weight excluding hydrogens is 322 g/mol. The van der Waals surface area contributed by atoms with Gasteiger partial charge in [0.2, 0.25) is 0 Å². The Morgan fingerprint density at radius 3 is 2.29 bits per heavy atom. The average Bonchev–Trinajstić information content (AvgIpc) is 2.63. The molecule has 1 aromatic heterocycles. The maximum absolute atomic E-state index is 12.1. The molecule has 0 aliphatic rings. The van der Waals surface area contributed by atoms with E-state index in [2.05, 4.69) is 15.3 Å². The van der Waals surface area contributed by atoms with Gasteiger partial charge in [0.1, 0.15) is 0 Å². The first kappa shape index (κ1) is 16.1. The molecule has 0 fully saturated rings. The third-order valence-corrected chi connectivity index (χ3v) is 3.81. The standard InChI is InChI=1S/C19H16ClN3O/c20-17-8-6-15(7-9-17)18-22-12-16(13-23-18)19(24)21-11-10-14-4-2-1-3-5-14/h1-9,12-13H,10-11H2,(H,21,24). The SMILES string of the molecule is O=C(NCCc1ccccc1)c1cnc(-c2ccc(Cl)cc2)nc1. The summed E-state index contributed by atoms with van der Waals surface area (Å²) in [6.07, 6.45) is 3.86. The fourth-order valence-electron chi connectivity index (χ4n) is 2.26. The van der Waals surface area contributed by atoms with Crippen LogP contribution in [0.2, 0.25) is 5.02 Å². The summed E-state index contributed by atoms with van der Waals surface area (Å²) in [6.45, 7) is 0.571. The minimum Gasteiger partial charge on any atom is -0.352 e. The van der Waals surface area contributed by atoms with Gasteiger partial charge in [-0.2, -0.15) is 0 Å². The van der Waals surface area contributed by atoms with Crippen molar-refractivity contribution in [1.29, 1.82) is 0 Å². The number of rotatable bonds is 5. The number of aromatic nitrogens is 2. The number of carbonyl (C=O) groups is 1. The zero-order valence-electron chi connectivity index (χ0n) is 12.9. The second-order valence-electron chi connectivity index (χ2n) is 5.29. The first-order valence-electron chi connectivity index (χ1n) is 7.62. The number of hydrogen-bond donors (Lipinski definition) is 1. The fourth-order valence-corrected chi connectivity index (χ4v) is 2.39. The van der Waals surface area contributed by atoms with E-state index in [1.165, 1.54) is 18.0 Å². The highest BCUT2D eigenvalue weighted by Gasteiger charge is 2.07. The van der Waals surface area contributed by atoms with Crippen LogP contribution in [-0.2, 0) is 6.42 Å². The number of benzene rings is 2.